The van der Waals surface area contributed by atoms with Gasteiger partial charge in [-0.15, -0.1) is 11.3 Å². The topological polar surface area (TPSA) is 111 Å². The van der Waals surface area contributed by atoms with Gasteiger partial charge in [-0.3, -0.25) is 14.9 Å². The third kappa shape index (κ3) is 3.83. The van der Waals surface area contributed by atoms with E-state index in [4.69, 9.17) is 5.73 Å². The molecule has 2 rings (SSSR count). The van der Waals surface area contributed by atoms with Crippen LogP contribution in [0.3, 0.4) is 0 Å². The number of hydrogen-bond donors (Lipinski definition) is 2. The van der Waals surface area contributed by atoms with Crippen LogP contribution < -0.4 is 11.1 Å². The summed E-state index contributed by atoms with van der Waals surface area (Å²) < 4.78 is 0. The fourth-order valence-corrected chi connectivity index (χ4v) is 2.37. The second kappa shape index (κ2) is 6.42. The van der Waals surface area contributed by atoms with Crippen molar-refractivity contribution in [3.8, 4) is 0 Å². The summed E-state index contributed by atoms with van der Waals surface area (Å²) in [7, 11) is 0. The van der Waals surface area contributed by atoms with Gasteiger partial charge in [-0.25, -0.2) is 4.98 Å². The number of carbonyl (C=O) groups excluding carboxylic acids is 1. The molecule has 0 bridgehead atoms. The fourth-order valence-electron chi connectivity index (χ4n) is 1.61. The number of nitro groups is 1. The molecule has 0 spiro atoms. The van der Waals surface area contributed by atoms with Gasteiger partial charge >= 0.3 is 0 Å². The van der Waals surface area contributed by atoms with Crippen molar-refractivity contribution in [1.82, 2.24) is 10.3 Å². The van der Waals surface area contributed by atoms with E-state index in [0.29, 0.717) is 10.7 Å². The lowest BCUT2D eigenvalue weighted by Gasteiger charge is -2.03. The van der Waals surface area contributed by atoms with Gasteiger partial charge in [0.05, 0.1) is 11.0 Å². The first kappa shape index (κ1) is 15.1. The van der Waals surface area contributed by atoms with Crippen molar-refractivity contribution in [2.75, 3.05) is 0 Å². The Bertz CT molecular complexity index is 652. The van der Waals surface area contributed by atoms with Crippen molar-refractivity contribution in [2.45, 2.75) is 19.5 Å². The SMILES string of the molecule is CC(N)c1nc(C(=O)NCc2ccc([N+](=O)[O-])cc2)cs1. The minimum atomic E-state index is -0.465. The summed E-state index contributed by atoms with van der Waals surface area (Å²) in [5, 5.41) is 15.6. The predicted octanol–water partition coefficient (Wildman–Crippen LogP) is 2.00. The van der Waals surface area contributed by atoms with Crippen LogP contribution in [0.5, 0.6) is 0 Å². The van der Waals surface area contributed by atoms with Crippen molar-refractivity contribution in [1.29, 1.82) is 0 Å². The maximum atomic E-state index is 11.9. The van der Waals surface area contributed by atoms with Gasteiger partial charge in [-0.05, 0) is 12.5 Å². The third-order valence-corrected chi connectivity index (χ3v) is 3.79. The lowest BCUT2D eigenvalue weighted by atomic mass is 10.2. The largest absolute Gasteiger partial charge is 0.347 e. The van der Waals surface area contributed by atoms with Crippen LogP contribution in [-0.4, -0.2) is 15.8 Å². The van der Waals surface area contributed by atoms with Crippen molar-refractivity contribution < 1.29 is 9.72 Å². The molecule has 0 aliphatic heterocycles. The molecule has 7 nitrogen and oxygen atoms in total. The molecule has 21 heavy (non-hydrogen) atoms. The van der Waals surface area contributed by atoms with E-state index in [1.165, 1.54) is 23.5 Å². The monoisotopic (exact) mass is 306 g/mol. The van der Waals surface area contributed by atoms with E-state index < -0.39 is 4.92 Å². The normalized spacial score (nSPS) is 11.9. The van der Waals surface area contributed by atoms with E-state index in [9.17, 15) is 14.9 Å². The molecule has 2 aromatic rings. The molecule has 1 atom stereocenters. The highest BCUT2D eigenvalue weighted by Gasteiger charge is 2.12. The van der Waals surface area contributed by atoms with Gasteiger partial charge in [-0.2, -0.15) is 0 Å². The average Bonchev–Trinajstić information content (AvgIpc) is 2.95. The molecule has 110 valence electrons. The first-order chi connectivity index (χ1) is 9.97. The van der Waals surface area contributed by atoms with Crippen LogP contribution in [-0.2, 0) is 6.54 Å². The van der Waals surface area contributed by atoms with Crippen LogP contribution in [0.4, 0.5) is 5.69 Å². The van der Waals surface area contributed by atoms with Gasteiger partial charge < -0.3 is 11.1 Å². The number of rotatable bonds is 5. The number of hydrogen-bond acceptors (Lipinski definition) is 6. The molecule has 0 aliphatic carbocycles. The molecule has 0 saturated heterocycles. The van der Waals surface area contributed by atoms with Crippen LogP contribution in [0, 0.1) is 10.1 Å². The van der Waals surface area contributed by atoms with Crippen molar-refractivity contribution in [3.63, 3.8) is 0 Å². The summed E-state index contributed by atoms with van der Waals surface area (Å²) in [6.07, 6.45) is 0. The van der Waals surface area contributed by atoms with E-state index in [0.717, 1.165) is 5.56 Å². The van der Waals surface area contributed by atoms with Gasteiger partial charge in [0.15, 0.2) is 0 Å². The second-order valence-corrected chi connectivity index (χ2v) is 5.36. The minimum Gasteiger partial charge on any atom is -0.347 e. The highest BCUT2D eigenvalue weighted by molar-refractivity contribution is 7.09. The third-order valence-electron chi connectivity index (χ3n) is 2.74. The predicted molar refractivity (Wildman–Crippen MR) is 79.0 cm³/mol. The second-order valence-electron chi connectivity index (χ2n) is 4.47. The van der Waals surface area contributed by atoms with E-state index in [1.807, 2.05) is 0 Å². The van der Waals surface area contributed by atoms with Crippen LogP contribution >= 0.6 is 11.3 Å². The Morgan fingerprint density at radius 1 is 1.48 bits per heavy atom. The Hall–Kier alpha value is -2.32. The smallest absolute Gasteiger partial charge is 0.271 e. The van der Waals surface area contributed by atoms with E-state index in [-0.39, 0.29) is 24.2 Å². The average molecular weight is 306 g/mol. The zero-order valence-corrected chi connectivity index (χ0v) is 12.1. The Kier molecular flexibility index (Phi) is 4.61. The van der Waals surface area contributed by atoms with Gasteiger partial charge in [0, 0.05) is 24.1 Å². The van der Waals surface area contributed by atoms with E-state index in [2.05, 4.69) is 10.3 Å². The molecule has 0 saturated carbocycles. The zero-order valence-electron chi connectivity index (χ0n) is 11.3. The zero-order chi connectivity index (χ0) is 15.4. The van der Waals surface area contributed by atoms with Crippen molar-refractivity contribution in [3.05, 3.63) is 56.0 Å². The number of nitrogens with two attached hydrogens (primary N) is 1. The summed E-state index contributed by atoms with van der Waals surface area (Å²) in [6, 6.07) is 5.81. The number of nitrogens with one attached hydrogen (secondary N) is 1. The van der Waals surface area contributed by atoms with Crippen LogP contribution in [0.2, 0.25) is 0 Å². The number of non-ortho nitro benzene ring substituents is 1. The highest BCUT2D eigenvalue weighted by Crippen LogP contribution is 2.16. The quantitative estimate of drug-likeness (QED) is 0.648. The number of nitro benzene ring substituents is 1. The molecule has 0 fully saturated rings. The number of thiazole rings is 1. The maximum Gasteiger partial charge on any atom is 0.271 e. The lowest BCUT2D eigenvalue weighted by molar-refractivity contribution is -0.384. The number of carbonyl (C=O) groups is 1. The number of aromatic nitrogens is 1. The van der Waals surface area contributed by atoms with Crippen molar-refractivity contribution in [2.24, 2.45) is 5.73 Å². The summed E-state index contributed by atoms with van der Waals surface area (Å²) in [5.41, 5.74) is 6.81. The molecule has 0 aliphatic rings. The minimum absolute atomic E-state index is 0.0196. The van der Waals surface area contributed by atoms with Gasteiger partial charge in [0.1, 0.15) is 10.7 Å². The number of benzene rings is 1. The Morgan fingerprint density at radius 3 is 2.67 bits per heavy atom. The molecule has 1 aromatic carbocycles. The molecular weight excluding hydrogens is 292 g/mol. The van der Waals surface area contributed by atoms with Gasteiger partial charge in [-0.1, -0.05) is 12.1 Å². The lowest BCUT2D eigenvalue weighted by Crippen LogP contribution is -2.23. The summed E-state index contributed by atoms with van der Waals surface area (Å²) in [4.78, 5) is 26.1. The molecule has 0 radical (unpaired) electrons. The molecule has 1 unspecified atom stereocenters. The summed E-state index contributed by atoms with van der Waals surface area (Å²) in [5.74, 6) is -0.295. The molecule has 1 aromatic heterocycles. The fraction of sp³-hybridized carbons (Fsp3) is 0.231. The van der Waals surface area contributed by atoms with Crippen LogP contribution in [0.15, 0.2) is 29.6 Å². The molecule has 1 heterocycles. The van der Waals surface area contributed by atoms with Crippen LogP contribution in [0.25, 0.3) is 0 Å². The molecular formula is C13H14N4O3S. The van der Waals surface area contributed by atoms with Crippen molar-refractivity contribution >= 4 is 22.9 Å². The first-order valence-corrected chi connectivity index (χ1v) is 7.08. The maximum absolute atomic E-state index is 11.9. The Balaban J connectivity index is 1.95. The van der Waals surface area contributed by atoms with Gasteiger partial charge in [0.2, 0.25) is 0 Å². The Morgan fingerprint density at radius 2 is 2.14 bits per heavy atom. The molecule has 1 amide bonds. The van der Waals surface area contributed by atoms with E-state index >= 15 is 0 Å². The summed E-state index contributed by atoms with van der Waals surface area (Å²) in [6.45, 7) is 2.08. The molecule has 3 N–H and O–H groups in total. The summed E-state index contributed by atoms with van der Waals surface area (Å²) >= 11 is 1.34. The van der Waals surface area contributed by atoms with Crippen LogP contribution in [0.1, 0.15) is 34.0 Å². The molecule has 8 heteroatoms. The highest BCUT2D eigenvalue weighted by atomic mass is 32.1. The first-order valence-electron chi connectivity index (χ1n) is 6.20. The van der Waals surface area contributed by atoms with E-state index in [1.54, 1.807) is 24.4 Å². The Labute approximate surface area is 125 Å². The number of amides is 1. The van der Waals surface area contributed by atoms with Gasteiger partial charge in [0.25, 0.3) is 11.6 Å². The standard InChI is InChI=1S/C13H14N4O3S/c1-8(14)13-16-11(7-21-13)12(18)15-6-9-2-4-10(5-3-9)17(19)20/h2-5,7-8H,6,14H2,1H3,(H,15,18). The number of nitrogens with zero attached hydrogens (tertiary/aromatic N) is 2.